The first-order valence-corrected chi connectivity index (χ1v) is 10.1. The number of fused-ring (bicyclic) bond motifs is 1. The number of phenols is 1. The number of halogens is 3. The molecule has 0 radical (unpaired) electrons. The number of carbonyl (C=O) groups is 1. The Morgan fingerprint density at radius 2 is 1.90 bits per heavy atom. The number of aromatic hydroxyl groups is 1. The molecule has 31 heavy (non-hydrogen) atoms. The molecule has 1 aliphatic heterocycles. The molecule has 0 atom stereocenters. The Morgan fingerprint density at radius 1 is 1.19 bits per heavy atom. The van der Waals surface area contributed by atoms with Crippen molar-refractivity contribution >= 4 is 40.2 Å². The molecule has 1 amide bonds. The van der Waals surface area contributed by atoms with Gasteiger partial charge in [-0.25, -0.2) is 13.8 Å². The molecule has 162 valence electrons. The average Bonchev–Trinajstić information content (AvgIpc) is 2.75. The Labute approximate surface area is 182 Å². The van der Waals surface area contributed by atoms with E-state index in [1.54, 1.807) is 4.90 Å². The lowest BCUT2D eigenvalue weighted by Gasteiger charge is -2.35. The number of carbonyl (C=O) groups excluding carboxylic acids is 1. The van der Waals surface area contributed by atoms with Crippen LogP contribution in [-0.2, 0) is 4.79 Å². The highest BCUT2D eigenvalue weighted by Crippen LogP contribution is 2.42. The zero-order valence-electron chi connectivity index (χ0n) is 16.7. The van der Waals surface area contributed by atoms with Gasteiger partial charge in [0.25, 0.3) is 0 Å². The van der Waals surface area contributed by atoms with E-state index in [1.807, 2.05) is 11.8 Å². The second-order valence-corrected chi connectivity index (χ2v) is 7.61. The molecule has 10 heteroatoms. The molecule has 7 nitrogen and oxygen atoms in total. The maximum absolute atomic E-state index is 15.5. The van der Waals surface area contributed by atoms with Crippen molar-refractivity contribution in [1.82, 2.24) is 14.9 Å². The molecule has 0 unspecified atom stereocenters. The highest BCUT2D eigenvalue weighted by molar-refractivity contribution is 6.34. The number of piperazine rings is 1. The number of amides is 1. The summed E-state index contributed by atoms with van der Waals surface area (Å²) in [6.07, 6.45) is 0.426. The minimum absolute atomic E-state index is 0.0649. The van der Waals surface area contributed by atoms with Gasteiger partial charge in [0, 0.05) is 43.5 Å². The third-order valence-corrected chi connectivity index (χ3v) is 5.65. The predicted molar refractivity (Wildman–Crippen MR) is 115 cm³/mol. The quantitative estimate of drug-likeness (QED) is 0.637. The molecule has 3 aromatic rings. The van der Waals surface area contributed by atoms with Crippen LogP contribution in [-0.4, -0.2) is 52.1 Å². The van der Waals surface area contributed by atoms with Crippen LogP contribution < -0.4 is 10.6 Å². The van der Waals surface area contributed by atoms with Crippen molar-refractivity contribution in [2.45, 2.75) is 13.3 Å². The number of rotatable bonds is 3. The minimum Gasteiger partial charge on any atom is -0.507 e. The number of benzene rings is 2. The summed E-state index contributed by atoms with van der Waals surface area (Å²) in [6.45, 7) is 3.76. The van der Waals surface area contributed by atoms with Gasteiger partial charge in [-0.3, -0.25) is 4.79 Å². The third kappa shape index (κ3) is 3.69. The maximum atomic E-state index is 15.5. The molecule has 4 rings (SSSR count). The van der Waals surface area contributed by atoms with Gasteiger partial charge in [-0.1, -0.05) is 24.6 Å². The largest absolute Gasteiger partial charge is 0.507 e. The predicted octanol–water partition coefficient (Wildman–Crippen LogP) is 3.57. The highest BCUT2D eigenvalue weighted by atomic mass is 35.5. The van der Waals surface area contributed by atoms with Gasteiger partial charge in [0.2, 0.25) is 11.9 Å². The normalized spacial score (nSPS) is 14.3. The van der Waals surface area contributed by atoms with E-state index in [1.165, 1.54) is 18.2 Å². The first kappa shape index (κ1) is 21.0. The summed E-state index contributed by atoms with van der Waals surface area (Å²) in [5.74, 6) is -1.87. The van der Waals surface area contributed by atoms with E-state index >= 15 is 4.39 Å². The number of anilines is 2. The van der Waals surface area contributed by atoms with Crippen molar-refractivity contribution in [3.63, 3.8) is 0 Å². The van der Waals surface area contributed by atoms with Crippen LogP contribution in [0.25, 0.3) is 22.0 Å². The van der Waals surface area contributed by atoms with Crippen LogP contribution in [0.3, 0.4) is 0 Å². The summed E-state index contributed by atoms with van der Waals surface area (Å²) in [6, 6.07) is 5.10. The standard InChI is InChI=1S/C21H20ClF2N5O2/c1-2-15(31)28-6-8-29(9-7-28)20-11-10-12(22)16(17-13(23)4-3-5-14(17)30)18(24)19(11)26-21(25)27-20/h3-5,10,30H,2,6-9H2,1H3,(H2,25,26,27). The van der Waals surface area contributed by atoms with Crippen LogP contribution in [0.15, 0.2) is 24.3 Å². The molecular formula is C21H20ClF2N5O2. The van der Waals surface area contributed by atoms with Gasteiger partial charge in [0.05, 0.1) is 10.6 Å². The van der Waals surface area contributed by atoms with Gasteiger partial charge in [0.1, 0.15) is 22.9 Å². The second kappa shape index (κ2) is 8.14. The van der Waals surface area contributed by atoms with E-state index < -0.39 is 17.4 Å². The van der Waals surface area contributed by atoms with Crippen molar-refractivity contribution in [2.24, 2.45) is 0 Å². The van der Waals surface area contributed by atoms with Crippen LogP contribution >= 0.6 is 11.6 Å². The number of hydrogen-bond donors (Lipinski definition) is 2. The lowest BCUT2D eigenvalue weighted by Crippen LogP contribution is -2.49. The number of hydrogen-bond acceptors (Lipinski definition) is 6. The molecule has 0 bridgehead atoms. The smallest absolute Gasteiger partial charge is 0.222 e. The molecule has 0 spiro atoms. The van der Waals surface area contributed by atoms with Gasteiger partial charge in [-0.05, 0) is 18.2 Å². The Bertz CT molecular complexity index is 1160. The number of phenolic OH excluding ortho intramolecular Hbond substituents is 1. The van der Waals surface area contributed by atoms with E-state index in [2.05, 4.69) is 9.97 Å². The lowest BCUT2D eigenvalue weighted by molar-refractivity contribution is -0.131. The Morgan fingerprint density at radius 3 is 2.55 bits per heavy atom. The van der Waals surface area contributed by atoms with Gasteiger partial charge in [0.15, 0.2) is 5.82 Å². The first-order valence-electron chi connectivity index (χ1n) is 9.77. The summed E-state index contributed by atoms with van der Waals surface area (Å²) < 4.78 is 29.9. The molecule has 1 fully saturated rings. The van der Waals surface area contributed by atoms with Gasteiger partial charge in [-0.2, -0.15) is 4.98 Å². The zero-order chi connectivity index (χ0) is 22.3. The molecule has 2 heterocycles. The van der Waals surface area contributed by atoms with Crippen molar-refractivity contribution in [3.05, 3.63) is 40.9 Å². The van der Waals surface area contributed by atoms with Crippen molar-refractivity contribution in [2.75, 3.05) is 36.8 Å². The van der Waals surface area contributed by atoms with E-state index in [0.29, 0.717) is 43.8 Å². The van der Waals surface area contributed by atoms with Crippen LogP contribution in [0.5, 0.6) is 5.75 Å². The summed E-state index contributed by atoms with van der Waals surface area (Å²) in [7, 11) is 0. The Kier molecular flexibility index (Phi) is 5.53. The Hall–Kier alpha value is -3.20. The number of nitrogen functional groups attached to an aromatic ring is 1. The highest BCUT2D eigenvalue weighted by Gasteiger charge is 2.27. The molecule has 2 aromatic carbocycles. The van der Waals surface area contributed by atoms with Crippen molar-refractivity contribution < 1.29 is 18.7 Å². The van der Waals surface area contributed by atoms with Crippen LogP contribution in [0.2, 0.25) is 5.02 Å². The van der Waals surface area contributed by atoms with Gasteiger partial charge < -0.3 is 20.6 Å². The molecule has 1 aromatic heterocycles. The van der Waals surface area contributed by atoms with Gasteiger partial charge in [-0.15, -0.1) is 0 Å². The van der Waals surface area contributed by atoms with E-state index in [4.69, 9.17) is 17.3 Å². The van der Waals surface area contributed by atoms with E-state index in [-0.39, 0.29) is 33.5 Å². The second-order valence-electron chi connectivity index (χ2n) is 7.20. The minimum atomic E-state index is -0.905. The molecule has 0 aliphatic carbocycles. The number of aromatic nitrogens is 2. The number of nitrogens with zero attached hydrogens (tertiary/aromatic N) is 4. The van der Waals surface area contributed by atoms with Crippen LogP contribution in [0, 0.1) is 11.6 Å². The average molecular weight is 448 g/mol. The zero-order valence-corrected chi connectivity index (χ0v) is 17.5. The van der Waals surface area contributed by atoms with Crippen LogP contribution in [0.1, 0.15) is 13.3 Å². The third-order valence-electron chi connectivity index (χ3n) is 5.36. The first-order chi connectivity index (χ1) is 14.8. The summed E-state index contributed by atoms with van der Waals surface area (Å²) in [4.78, 5) is 23.9. The molecular weight excluding hydrogens is 428 g/mol. The fourth-order valence-corrected chi connectivity index (χ4v) is 4.11. The van der Waals surface area contributed by atoms with E-state index in [9.17, 15) is 14.3 Å². The fraction of sp³-hybridized carbons (Fsp3) is 0.286. The van der Waals surface area contributed by atoms with Crippen LogP contribution in [0.4, 0.5) is 20.5 Å². The fourth-order valence-electron chi connectivity index (χ4n) is 3.82. The molecule has 3 N–H and O–H groups in total. The summed E-state index contributed by atoms with van der Waals surface area (Å²) in [5.41, 5.74) is 5.07. The topological polar surface area (TPSA) is 95.6 Å². The van der Waals surface area contributed by atoms with Crippen molar-refractivity contribution in [1.29, 1.82) is 0 Å². The maximum Gasteiger partial charge on any atom is 0.222 e. The molecule has 1 aliphatic rings. The molecule has 0 saturated carbocycles. The van der Waals surface area contributed by atoms with Gasteiger partial charge >= 0.3 is 0 Å². The summed E-state index contributed by atoms with van der Waals surface area (Å²) >= 11 is 6.35. The lowest BCUT2D eigenvalue weighted by atomic mass is 10.0. The van der Waals surface area contributed by atoms with Crippen molar-refractivity contribution in [3.8, 4) is 16.9 Å². The monoisotopic (exact) mass is 447 g/mol. The number of nitrogens with two attached hydrogens (primary N) is 1. The summed E-state index contributed by atoms with van der Waals surface area (Å²) in [5, 5.41) is 10.3. The van der Waals surface area contributed by atoms with E-state index in [0.717, 1.165) is 6.07 Å². The molecule has 1 saturated heterocycles. The Balaban J connectivity index is 1.83. The SMILES string of the molecule is CCC(=O)N1CCN(c2nc(N)nc3c(F)c(-c4c(O)cccc4F)c(Cl)cc23)CC1.